The van der Waals surface area contributed by atoms with E-state index in [1.54, 1.807) is 6.08 Å². The number of carboxylic acid groups (broad SMARTS) is 1. The highest BCUT2D eigenvalue weighted by Crippen LogP contribution is 2.40. The molecule has 0 saturated carbocycles. The Morgan fingerprint density at radius 2 is 1.76 bits per heavy atom. The van der Waals surface area contributed by atoms with Gasteiger partial charge in [-0.15, -0.1) is 0 Å². The highest BCUT2D eigenvalue weighted by atomic mass is 35.5. The van der Waals surface area contributed by atoms with Crippen molar-refractivity contribution >= 4 is 35.1 Å². The van der Waals surface area contributed by atoms with Gasteiger partial charge in [-0.1, -0.05) is 29.8 Å². The fraction of sp³-hybridized carbons (Fsp3) is 0.267. The number of nitrogens with zero attached hydrogens (tertiary/aromatic N) is 1. The van der Waals surface area contributed by atoms with Crippen LogP contribution in [0.2, 0.25) is 0 Å². The molecule has 0 radical (unpaired) electrons. The molecule has 6 heteroatoms. The van der Waals surface area contributed by atoms with E-state index in [1.807, 2.05) is 0 Å². The van der Waals surface area contributed by atoms with E-state index in [2.05, 4.69) is 0 Å². The monoisotopic (exact) mass is 304 g/mol. The lowest BCUT2D eigenvalue weighted by Crippen LogP contribution is -2.31. The third-order valence-corrected chi connectivity index (χ3v) is 4.24. The van der Waals surface area contributed by atoms with Crippen molar-refractivity contribution in [3.63, 3.8) is 0 Å². The first-order chi connectivity index (χ1) is 9.99. The summed E-state index contributed by atoms with van der Waals surface area (Å²) in [6, 6.07) is 5.51. The fourth-order valence-electron chi connectivity index (χ4n) is 2.83. The number of amides is 2. The van der Waals surface area contributed by atoms with E-state index in [1.165, 1.54) is 24.3 Å². The minimum absolute atomic E-state index is 0.0000256. The Balaban J connectivity index is 1.91. The Bertz CT molecular complexity index is 665. The maximum Gasteiger partial charge on any atom is 0.238 e. The number of halogens is 1. The molecular weight excluding hydrogens is 294 g/mol. The van der Waals surface area contributed by atoms with Gasteiger partial charge in [-0.3, -0.25) is 14.5 Å². The molecule has 1 saturated heterocycles. The van der Waals surface area contributed by atoms with E-state index in [0.29, 0.717) is 23.6 Å². The summed E-state index contributed by atoms with van der Waals surface area (Å²) in [7, 11) is 0. The molecule has 0 unspecified atom stereocenters. The number of hydrogen-bond acceptors (Lipinski definition) is 4. The number of fused-ring (bicyclic) bond motifs is 1. The third kappa shape index (κ3) is 2.23. The average Bonchev–Trinajstić information content (AvgIpc) is 2.70. The molecule has 2 amide bonds. The second-order valence-electron chi connectivity index (χ2n) is 5.15. The molecule has 0 bridgehead atoms. The summed E-state index contributed by atoms with van der Waals surface area (Å²) in [5, 5.41) is 11.3. The van der Waals surface area contributed by atoms with Crippen LogP contribution in [-0.4, -0.2) is 17.8 Å². The molecule has 21 heavy (non-hydrogen) atoms. The Morgan fingerprint density at radius 3 is 2.38 bits per heavy atom. The summed E-state index contributed by atoms with van der Waals surface area (Å²) < 4.78 is 0. The first-order valence-electron chi connectivity index (χ1n) is 6.53. The maximum atomic E-state index is 12.4. The number of benzene rings is 1. The Kier molecular flexibility index (Phi) is 3.29. The van der Waals surface area contributed by atoms with Crippen molar-refractivity contribution in [2.24, 2.45) is 11.8 Å². The molecule has 5 nitrogen and oxygen atoms in total. The summed E-state index contributed by atoms with van der Waals surface area (Å²) in [6.45, 7) is 0. The summed E-state index contributed by atoms with van der Waals surface area (Å²) in [5.74, 6) is -2.63. The van der Waals surface area contributed by atoms with Crippen LogP contribution in [0.1, 0.15) is 23.2 Å². The lowest BCUT2D eigenvalue weighted by molar-refractivity contribution is -0.255. The number of aromatic carboxylic acids is 1. The lowest BCUT2D eigenvalue weighted by atomic mass is 9.85. The van der Waals surface area contributed by atoms with Gasteiger partial charge in [0.25, 0.3) is 0 Å². The van der Waals surface area contributed by atoms with Crippen LogP contribution in [0.15, 0.2) is 35.4 Å². The summed E-state index contributed by atoms with van der Waals surface area (Å²) in [5.41, 5.74) is 0.375. The van der Waals surface area contributed by atoms with Crippen LogP contribution in [0.3, 0.4) is 0 Å². The second kappa shape index (κ2) is 5.00. The molecule has 1 aromatic carbocycles. The number of carboxylic acids is 1. The van der Waals surface area contributed by atoms with Crippen LogP contribution < -0.4 is 10.0 Å². The predicted molar refractivity (Wildman–Crippen MR) is 73.4 cm³/mol. The molecule has 0 aromatic heterocycles. The first kappa shape index (κ1) is 13.8. The number of imide groups is 1. The van der Waals surface area contributed by atoms with Crippen LogP contribution >= 0.6 is 11.6 Å². The second-order valence-corrected chi connectivity index (χ2v) is 5.64. The van der Waals surface area contributed by atoms with Crippen molar-refractivity contribution in [2.45, 2.75) is 12.8 Å². The van der Waals surface area contributed by atoms with Gasteiger partial charge in [0, 0.05) is 5.03 Å². The molecular formula is C15H11ClNO4-. The van der Waals surface area contributed by atoms with Crippen LogP contribution in [0.4, 0.5) is 5.69 Å². The number of anilines is 1. The normalized spacial score (nSPS) is 24.8. The van der Waals surface area contributed by atoms with E-state index in [-0.39, 0.29) is 23.3 Å². The highest BCUT2D eigenvalue weighted by molar-refractivity contribution is 6.30. The summed E-state index contributed by atoms with van der Waals surface area (Å²) >= 11 is 5.95. The zero-order valence-corrected chi connectivity index (χ0v) is 11.7. The van der Waals surface area contributed by atoms with Crippen LogP contribution in [0, 0.1) is 11.8 Å². The first-order valence-corrected chi connectivity index (χ1v) is 6.90. The standard InChI is InChI=1S/C15H12ClNO4/c16-9-3-6-11-12(7-9)14(19)17(13(11)18)10-4-1-8(2-5-10)15(20)21/h1-5,11-12H,6-7H2,(H,20,21)/p-1/t11-,12+/m1/s1. The number of rotatable bonds is 2. The Morgan fingerprint density at radius 1 is 1.14 bits per heavy atom. The van der Waals surface area contributed by atoms with Crippen LogP contribution in [0.25, 0.3) is 0 Å². The number of allylic oxidation sites excluding steroid dienone is 2. The van der Waals surface area contributed by atoms with Gasteiger partial charge in [0.1, 0.15) is 0 Å². The van der Waals surface area contributed by atoms with Crippen LogP contribution in [0.5, 0.6) is 0 Å². The zero-order chi connectivity index (χ0) is 15.1. The number of hydrogen-bond donors (Lipinski definition) is 0. The van der Waals surface area contributed by atoms with Crippen molar-refractivity contribution in [3.05, 3.63) is 40.9 Å². The largest absolute Gasteiger partial charge is 0.545 e. The predicted octanol–water partition coefficient (Wildman–Crippen LogP) is 1.07. The summed E-state index contributed by atoms with van der Waals surface area (Å²) in [6.07, 6.45) is 2.61. The molecule has 1 aliphatic heterocycles. The molecule has 108 valence electrons. The molecule has 1 aliphatic carbocycles. The smallest absolute Gasteiger partial charge is 0.238 e. The minimum atomic E-state index is -1.30. The Labute approximate surface area is 125 Å². The van der Waals surface area contributed by atoms with Gasteiger partial charge >= 0.3 is 0 Å². The van der Waals surface area contributed by atoms with Gasteiger partial charge in [0.05, 0.1) is 23.5 Å². The van der Waals surface area contributed by atoms with Crippen molar-refractivity contribution in [1.82, 2.24) is 0 Å². The topological polar surface area (TPSA) is 77.5 Å². The minimum Gasteiger partial charge on any atom is -0.545 e. The van der Waals surface area contributed by atoms with Gasteiger partial charge in [-0.2, -0.15) is 0 Å². The van der Waals surface area contributed by atoms with Crippen LogP contribution in [-0.2, 0) is 9.59 Å². The molecule has 1 aromatic rings. The molecule has 1 fully saturated rings. The highest BCUT2D eigenvalue weighted by Gasteiger charge is 2.48. The molecule has 1 heterocycles. The summed E-state index contributed by atoms with van der Waals surface area (Å²) in [4.78, 5) is 36.6. The SMILES string of the molecule is O=C([O-])c1ccc(N2C(=O)[C@H]3CC(Cl)=CC[C@H]3C2=O)cc1. The van der Waals surface area contributed by atoms with Crippen molar-refractivity contribution in [2.75, 3.05) is 4.90 Å². The van der Waals surface area contributed by atoms with Gasteiger partial charge in [0.2, 0.25) is 11.8 Å². The molecule has 3 rings (SSSR count). The van der Waals surface area contributed by atoms with Crippen molar-refractivity contribution < 1.29 is 19.5 Å². The number of carbonyl (C=O) groups is 3. The van der Waals surface area contributed by atoms with Gasteiger partial charge in [0.15, 0.2) is 0 Å². The molecule has 0 N–H and O–H groups in total. The number of carbonyl (C=O) groups excluding carboxylic acids is 3. The average molecular weight is 305 g/mol. The van der Waals surface area contributed by atoms with E-state index in [9.17, 15) is 19.5 Å². The van der Waals surface area contributed by atoms with E-state index in [0.717, 1.165) is 4.90 Å². The van der Waals surface area contributed by atoms with Crippen molar-refractivity contribution in [1.29, 1.82) is 0 Å². The Hall–Kier alpha value is -2.14. The molecule has 2 aliphatic rings. The zero-order valence-electron chi connectivity index (χ0n) is 10.9. The molecule has 0 spiro atoms. The van der Waals surface area contributed by atoms with E-state index >= 15 is 0 Å². The van der Waals surface area contributed by atoms with E-state index < -0.39 is 11.9 Å². The quantitative estimate of drug-likeness (QED) is 0.766. The molecule has 2 atom stereocenters. The van der Waals surface area contributed by atoms with Crippen molar-refractivity contribution in [3.8, 4) is 0 Å². The van der Waals surface area contributed by atoms with Gasteiger partial charge in [-0.25, -0.2) is 0 Å². The van der Waals surface area contributed by atoms with E-state index in [4.69, 9.17) is 11.6 Å². The third-order valence-electron chi connectivity index (χ3n) is 3.93. The van der Waals surface area contributed by atoms with Gasteiger partial charge < -0.3 is 9.90 Å². The maximum absolute atomic E-state index is 12.4. The fourth-order valence-corrected chi connectivity index (χ4v) is 3.08. The van der Waals surface area contributed by atoms with Gasteiger partial charge in [-0.05, 0) is 30.5 Å². The lowest BCUT2D eigenvalue weighted by Gasteiger charge is -2.17.